The molecule has 0 bridgehead atoms. The third kappa shape index (κ3) is 5.40. The van der Waals surface area contributed by atoms with Crippen LogP contribution in [0.4, 0.5) is 0 Å². The minimum absolute atomic E-state index is 0.0129. The molecule has 4 aromatic carbocycles. The van der Waals surface area contributed by atoms with Crippen molar-refractivity contribution in [2.45, 2.75) is 36.7 Å². The molecule has 0 heterocycles. The van der Waals surface area contributed by atoms with Gasteiger partial charge in [0.05, 0.1) is 10.9 Å². The van der Waals surface area contributed by atoms with Crippen molar-refractivity contribution in [2.75, 3.05) is 0 Å². The smallest absolute Gasteiger partial charge is 0.251 e. The molecule has 5 nitrogen and oxygen atoms in total. The van der Waals surface area contributed by atoms with Gasteiger partial charge in [-0.05, 0) is 71.3 Å². The molecule has 6 heteroatoms. The molecule has 2 N–H and O–H groups in total. The summed E-state index contributed by atoms with van der Waals surface area (Å²) >= 11 is 0. The van der Waals surface area contributed by atoms with Crippen molar-refractivity contribution in [1.29, 1.82) is 0 Å². The largest absolute Gasteiger partial charge is 0.345 e. The molecule has 1 amide bonds. The van der Waals surface area contributed by atoms with E-state index in [9.17, 15) is 13.2 Å². The van der Waals surface area contributed by atoms with E-state index >= 15 is 0 Å². The first-order valence-corrected chi connectivity index (χ1v) is 13.6. The molecule has 1 aliphatic rings. The summed E-state index contributed by atoms with van der Waals surface area (Å²) in [5, 5.41) is 3.20. The number of hydrogen-bond acceptors (Lipinski definition) is 3. The van der Waals surface area contributed by atoms with E-state index in [0.29, 0.717) is 5.56 Å². The highest BCUT2D eigenvalue weighted by molar-refractivity contribution is 7.89. The molecule has 36 heavy (non-hydrogen) atoms. The molecular formula is C30H28N2O3S. The van der Waals surface area contributed by atoms with Crippen LogP contribution in [0.3, 0.4) is 0 Å². The fourth-order valence-electron chi connectivity index (χ4n) is 4.67. The number of carbonyl (C=O) groups is 1. The highest BCUT2D eigenvalue weighted by Crippen LogP contribution is 2.30. The fourth-order valence-corrected chi connectivity index (χ4v) is 5.69. The number of fused-ring (bicyclic) bond motifs is 1. The maximum absolute atomic E-state index is 13.1. The van der Waals surface area contributed by atoms with Gasteiger partial charge in [-0.2, -0.15) is 0 Å². The van der Waals surface area contributed by atoms with E-state index in [2.05, 4.69) is 22.2 Å². The van der Waals surface area contributed by atoms with Crippen molar-refractivity contribution in [2.24, 2.45) is 0 Å². The summed E-state index contributed by atoms with van der Waals surface area (Å²) < 4.78 is 28.1. The van der Waals surface area contributed by atoms with Gasteiger partial charge in [0.2, 0.25) is 10.0 Å². The third-order valence-corrected chi connectivity index (χ3v) is 8.02. The lowest BCUT2D eigenvalue weighted by Crippen LogP contribution is -2.30. The average Bonchev–Trinajstić information content (AvgIpc) is 2.93. The number of sulfonamides is 1. The molecule has 1 aliphatic carbocycles. The Morgan fingerprint density at radius 3 is 2.36 bits per heavy atom. The zero-order valence-corrected chi connectivity index (χ0v) is 20.7. The summed E-state index contributed by atoms with van der Waals surface area (Å²) in [6.07, 6.45) is 3.03. The molecule has 0 spiro atoms. The van der Waals surface area contributed by atoms with E-state index in [-0.39, 0.29) is 23.4 Å². The van der Waals surface area contributed by atoms with Gasteiger partial charge in [-0.25, -0.2) is 13.1 Å². The van der Waals surface area contributed by atoms with Crippen molar-refractivity contribution in [3.05, 3.63) is 125 Å². The van der Waals surface area contributed by atoms with Gasteiger partial charge in [-0.3, -0.25) is 4.79 Å². The van der Waals surface area contributed by atoms with Crippen LogP contribution in [0.25, 0.3) is 11.1 Å². The Kier molecular flexibility index (Phi) is 6.98. The number of amides is 1. The monoisotopic (exact) mass is 496 g/mol. The van der Waals surface area contributed by atoms with E-state index in [1.807, 2.05) is 60.7 Å². The summed E-state index contributed by atoms with van der Waals surface area (Å²) in [4.78, 5) is 13.3. The SMILES string of the molecule is O=C(N[C@H]1CCCc2ccccc21)c1cccc(-c2ccc(S(=O)(=O)NCc3ccccc3)cc2)c1. The second kappa shape index (κ2) is 10.5. The van der Waals surface area contributed by atoms with Gasteiger partial charge in [-0.15, -0.1) is 0 Å². The fraction of sp³-hybridized carbons (Fsp3) is 0.167. The Bertz CT molecular complexity index is 1470. The van der Waals surface area contributed by atoms with E-state index in [1.165, 1.54) is 11.1 Å². The summed E-state index contributed by atoms with van der Waals surface area (Å²) in [5.41, 5.74) is 5.67. The van der Waals surface area contributed by atoms with Crippen LogP contribution < -0.4 is 10.0 Å². The van der Waals surface area contributed by atoms with E-state index < -0.39 is 10.0 Å². The standard InChI is InChI=1S/C30H28N2O3S/c33-30(32-29-15-7-11-24-10-4-5-14-28(24)29)26-13-6-12-25(20-26)23-16-18-27(19-17-23)36(34,35)31-21-22-8-2-1-3-9-22/h1-6,8-10,12-14,16-20,29,31H,7,11,15,21H2,(H,32,33)/t29-/m0/s1. The van der Waals surface area contributed by atoms with Gasteiger partial charge in [0.15, 0.2) is 0 Å². The van der Waals surface area contributed by atoms with Gasteiger partial charge >= 0.3 is 0 Å². The summed E-state index contributed by atoms with van der Waals surface area (Å²) in [7, 11) is -3.63. The Hall–Kier alpha value is -3.74. The zero-order chi connectivity index (χ0) is 25.0. The lowest BCUT2D eigenvalue weighted by atomic mass is 9.87. The molecule has 5 rings (SSSR count). The van der Waals surface area contributed by atoms with Crippen molar-refractivity contribution in [1.82, 2.24) is 10.0 Å². The average molecular weight is 497 g/mol. The summed E-state index contributed by atoms with van der Waals surface area (Å²) in [6.45, 7) is 0.230. The zero-order valence-electron chi connectivity index (χ0n) is 19.9. The molecule has 0 aliphatic heterocycles. The summed E-state index contributed by atoms with van der Waals surface area (Å²) in [5.74, 6) is -0.108. The number of benzene rings is 4. The topological polar surface area (TPSA) is 75.3 Å². The van der Waals surface area contributed by atoms with Crippen LogP contribution in [-0.2, 0) is 23.0 Å². The minimum atomic E-state index is -3.63. The van der Waals surface area contributed by atoms with Gasteiger partial charge in [0.1, 0.15) is 0 Å². The molecule has 0 aromatic heterocycles. The quantitative estimate of drug-likeness (QED) is 0.348. The van der Waals surface area contributed by atoms with Crippen LogP contribution in [0.15, 0.2) is 108 Å². The van der Waals surface area contributed by atoms with E-state index in [1.54, 1.807) is 30.3 Å². The second-order valence-electron chi connectivity index (χ2n) is 9.03. The normalized spacial score (nSPS) is 15.2. The molecule has 0 fully saturated rings. The number of hydrogen-bond donors (Lipinski definition) is 2. The van der Waals surface area contributed by atoms with Crippen LogP contribution in [0.1, 0.15) is 45.9 Å². The van der Waals surface area contributed by atoms with Crippen LogP contribution in [-0.4, -0.2) is 14.3 Å². The maximum Gasteiger partial charge on any atom is 0.251 e. The molecular weight excluding hydrogens is 468 g/mol. The third-order valence-electron chi connectivity index (χ3n) is 6.61. The number of carbonyl (C=O) groups excluding carboxylic acids is 1. The Labute approximate surface area is 212 Å². The molecule has 182 valence electrons. The van der Waals surface area contributed by atoms with Crippen LogP contribution in [0.5, 0.6) is 0 Å². The molecule has 1 atom stereocenters. The van der Waals surface area contributed by atoms with Gasteiger partial charge in [0.25, 0.3) is 5.91 Å². The highest BCUT2D eigenvalue weighted by atomic mass is 32.2. The first-order chi connectivity index (χ1) is 17.5. The van der Waals surface area contributed by atoms with Gasteiger partial charge in [-0.1, -0.05) is 78.9 Å². The van der Waals surface area contributed by atoms with Crippen molar-refractivity contribution in [3.8, 4) is 11.1 Å². The highest BCUT2D eigenvalue weighted by Gasteiger charge is 2.22. The van der Waals surface area contributed by atoms with E-state index in [4.69, 9.17) is 0 Å². The molecule has 4 aromatic rings. The lowest BCUT2D eigenvalue weighted by Gasteiger charge is -2.26. The van der Waals surface area contributed by atoms with Crippen LogP contribution >= 0.6 is 0 Å². The van der Waals surface area contributed by atoms with Gasteiger partial charge in [0, 0.05) is 12.1 Å². The Morgan fingerprint density at radius 1 is 0.806 bits per heavy atom. The predicted molar refractivity (Wildman–Crippen MR) is 142 cm³/mol. The number of nitrogens with one attached hydrogen (secondary N) is 2. The Balaban J connectivity index is 1.29. The summed E-state index contributed by atoms with van der Waals surface area (Å²) in [6, 6.07) is 31.9. The van der Waals surface area contributed by atoms with Crippen LogP contribution in [0, 0.1) is 0 Å². The molecule has 0 unspecified atom stereocenters. The van der Waals surface area contributed by atoms with E-state index in [0.717, 1.165) is 36.0 Å². The second-order valence-corrected chi connectivity index (χ2v) is 10.8. The first-order valence-electron chi connectivity index (χ1n) is 12.1. The van der Waals surface area contributed by atoms with Crippen molar-refractivity contribution in [3.63, 3.8) is 0 Å². The van der Waals surface area contributed by atoms with Gasteiger partial charge < -0.3 is 5.32 Å². The minimum Gasteiger partial charge on any atom is -0.345 e. The molecule has 0 radical (unpaired) electrons. The maximum atomic E-state index is 13.1. The Morgan fingerprint density at radius 2 is 1.56 bits per heavy atom. The van der Waals surface area contributed by atoms with Crippen molar-refractivity contribution < 1.29 is 13.2 Å². The number of aryl methyl sites for hydroxylation is 1. The number of rotatable bonds is 7. The lowest BCUT2D eigenvalue weighted by molar-refractivity contribution is 0.0932. The first kappa shape index (κ1) is 24.0. The van der Waals surface area contributed by atoms with Crippen molar-refractivity contribution >= 4 is 15.9 Å². The van der Waals surface area contributed by atoms with Crippen LogP contribution in [0.2, 0.25) is 0 Å². The molecule has 0 saturated heterocycles. The predicted octanol–water partition coefficient (Wildman–Crippen LogP) is 5.64. The molecule has 0 saturated carbocycles.